The molecule has 1 atom stereocenters. The summed E-state index contributed by atoms with van der Waals surface area (Å²) >= 11 is 1.27. The van der Waals surface area contributed by atoms with Crippen molar-refractivity contribution in [2.75, 3.05) is 6.54 Å². The molecule has 20 heavy (non-hydrogen) atoms. The van der Waals surface area contributed by atoms with Crippen LogP contribution in [0.15, 0.2) is 16.3 Å². The van der Waals surface area contributed by atoms with Gasteiger partial charge in [0.2, 0.25) is 0 Å². The summed E-state index contributed by atoms with van der Waals surface area (Å²) in [5.41, 5.74) is 0. The van der Waals surface area contributed by atoms with Crippen molar-refractivity contribution in [3.8, 4) is 0 Å². The van der Waals surface area contributed by atoms with E-state index in [0.717, 1.165) is 24.1 Å². The number of carboxylic acids is 1. The van der Waals surface area contributed by atoms with E-state index in [1.165, 1.54) is 15.6 Å². The summed E-state index contributed by atoms with van der Waals surface area (Å²) in [6.45, 7) is 2.37. The number of carboxylic acid groups (broad SMARTS) is 1. The summed E-state index contributed by atoms with van der Waals surface area (Å²) in [7, 11) is -3.48. The Morgan fingerprint density at radius 1 is 1.45 bits per heavy atom. The highest BCUT2D eigenvalue weighted by Gasteiger charge is 2.34. The van der Waals surface area contributed by atoms with Gasteiger partial charge in [-0.25, -0.2) is 8.42 Å². The van der Waals surface area contributed by atoms with E-state index in [0.29, 0.717) is 17.2 Å². The van der Waals surface area contributed by atoms with E-state index < -0.39 is 16.0 Å². The highest BCUT2D eigenvalue weighted by Crippen LogP contribution is 2.30. The third-order valence-electron chi connectivity index (χ3n) is 3.54. The Kier molecular flexibility index (Phi) is 4.82. The molecule has 2 rings (SSSR count). The molecule has 112 valence electrons. The third-order valence-corrected chi connectivity index (χ3v) is 6.96. The van der Waals surface area contributed by atoms with Crippen LogP contribution in [0.4, 0.5) is 0 Å². The topological polar surface area (TPSA) is 74.7 Å². The number of hydrogen-bond donors (Lipinski definition) is 1. The molecule has 1 aromatic heterocycles. The number of aliphatic carboxylic acids is 1. The van der Waals surface area contributed by atoms with E-state index in [9.17, 15) is 13.2 Å². The van der Waals surface area contributed by atoms with Crippen molar-refractivity contribution in [2.45, 2.75) is 49.3 Å². The second-order valence-electron chi connectivity index (χ2n) is 5.06. The molecule has 0 saturated carbocycles. The van der Waals surface area contributed by atoms with E-state index in [1.807, 2.05) is 6.92 Å². The maximum Gasteiger partial charge on any atom is 0.303 e. The minimum atomic E-state index is -3.48. The Balaban J connectivity index is 2.20. The van der Waals surface area contributed by atoms with Crippen LogP contribution in [0, 0.1) is 6.92 Å². The molecule has 1 aromatic rings. The summed E-state index contributed by atoms with van der Waals surface area (Å²) in [6.07, 6.45) is 2.95. The minimum absolute atomic E-state index is 0.0140. The van der Waals surface area contributed by atoms with Crippen molar-refractivity contribution in [2.24, 2.45) is 0 Å². The van der Waals surface area contributed by atoms with Crippen molar-refractivity contribution in [3.05, 3.63) is 17.0 Å². The Labute approximate surface area is 123 Å². The first kappa shape index (κ1) is 15.5. The second kappa shape index (κ2) is 6.24. The summed E-state index contributed by atoms with van der Waals surface area (Å²) in [5, 5.41) is 8.79. The average molecular weight is 317 g/mol. The molecule has 1 fully saturated rings. The molecule has 1 aliphatic heterocycles. The van der Waals surface area contributed by atoms with Crippen LogP contribution in [0.25, 0.3) is 0 Å². The molecule has 0 aliphatic carbocycles. The van der Waals surface area contributed by atoms with E-state index in [1.54, 1.807) is 12.1 Å². The Hall–Kier alpha value is -0.920. The highest BCUT2D eigenvalue weighted by atomic mass is 32.2. The normalized spacial score (nSPS) is 20.9. The number of thiophene rings is 1. The molecule has 0 aromatic carbocycles. The zero-order valence-corrected chi connectivity index (χ0v) is 13.0. The maximum atomic E-state index is 12.6. The third kappa shape index (κ3) is 3.39. The fourth-order valence-electron chi connectivity index (χ4n) is 2.54. The first-order chi connectivity index (χ1) is 9.41. The number of rotatable bonds is 5. The Morgan fingerprint density at radius 3 is 2.80 bits per heavy atom. The second-order valence-corrected chi connectivity index (χ2v) is 8.47. The summed E-state index contributed by atoms with van der Waals surface area (Å²) < 4.78 is 27.2. The van der Waals surface area contributed by atoms with Gasteiger partial charge in [-0.15, -0.1) is 11.3 Å². The molecule has 2 heterocycles. The summed E-state index contributed by atoms with van der Waals surface area (Å²) in [5.74, 6) is -0.875. The predicted octanol–water partition coefficient (Wildman–Crippen LogP) is 2.46. The molecule has 0 radical (unpaired) electrons. The van der Waals surface area contributed by atoms with Crippen molar-refractivity contribution in [1.82, 2.24) is 4.31 Å². The number of aryl methyl sites for hydroxylation is 1. The quantitative estimate of drug-likeness (QED) is 0.905. The SMILES string of the molecule is Cc1ccc(S(=O)(=O)N2CCCCC2CCC(=O)O)s1. The fraction of sp³-hybridized carbons (Fsp3) is 0.615. The smallest absolute Gasteiger partial charge is 0.303 e. The lowest BCUT2D eigenvalue weighted by Gasteiger charge is -2.34. The molecular formula is C13H19NO4S2. The highest BCUT2D eigenvalue weighted by molar-refractivity contribution is 7.91. The van der Waals surface area contributed by atoms with E-state index in [2.05, 4.69) is 0 Å². The van der Waals surface area contributed by atoms with Crippen LogP contribution >= 0.6 is 11.3 Å². The average Bonchev–Trinajstić information content (AvgIpc) is 2.84. The zero-order chi connectivity index (χ0) is 14.8. The van der Waals surface area contributed by atoms with Gasteiger partial charge in [-0.3, -0.25) is 4.79 Å². The lowest BCUT2D eigenvalue weighted by molar-refractivity contribution is -0.137. The van der Waals surface area contributed by atoms with Gasteiger partial charge >= 0.3 is 5.97 Å². The summed E-state index contributed by atoms with van der Waals surface area (Å²) in [6, 6.07) is 3.25. The van der Waals surface area contributed by atoms with Gasteiger partial charge in [-0.05, 0) is 38.3 Å². The molecule has 0 bridgehead atoms. The van der Waals surface area contributed by atoms with Crippen LogP contribution in [0.1, 0.15) is 37.0 Å². The molecule has 1 saturated heterocycles. The largest absolute Gasteiger partial charge is 0.481 e. The lowest BCUT2D eigenvalue weighted by atomic mass is 10.0. The van der Waals surface area contributed by atoms with E-state index in [-0.39, 0.29) is 12.5 Å². The molecule has 1 unspecified atom stereocenters. The van der Waals surface area contributed by atoms with E-state index in [4.69, 9.17) is 5.11 Å². The van der Waals surface area contributed by atoms with E-state index >= 15 is 0 Å². The maximum absolute atomic E-state index is 12.6. The fourth-order valence-corrected chi connectivity index (χ4v) is 5.67. The minimum Gasteiger partial charge on any atom is -0.481 e. The van der Waals surface area contributed by atoms with Crippen molar-refractivity contribution in [3.63, 3.8) is 0 Å². The van der Waals surface area contributed by atoms with Gasteiger partial charge in [0.15, 0.2) is 0 Å². The first-order valence-electron chi connectivity index (χ1n) is 6.71. The van der Waals surface area contributed by atoms with Gasteiger partial charge in [0.25, 0.3) is 10.0 Å². The van der Waals surface area contributed by atoms with Gasteiger partial charge in [0.05, 0.1) is 0 Å². The molecule has 0 spiro atoms. The van der Waals surface area contributed by atoms with Crippen LogP contribution in [-0.4, -0.2) is 36.4 Å². The molecule has 1 N–H and O–H groups in total. The van der Waals surface area contributed by atoms with Gasteiger partial charge in [-0.1, -0.05) is 6.42 Å². The standard InChI is InChI=1S/C13H19NO4S2/c1-10-5-8-13(19-10)20(17,18)14-9-3-2-4-11(14)6-7-12(15)16/h5,8,11H,2-4,6-7,9H2,1H3,(H,15,16). The predicted molar refractivity (Wildman–Crippen MR) is 77.5 cm³/mol. The van der Waals surface area contributed by atoms with Crippen LogP contribution in [0.3, 0.4) is 0 Å². The number of piperidine rings is 1. The molecule has 0 amide bonds. The van der Waals surface area contributed by atoms with Gasteiger partial charge in [-0.2, -0.15) is 4.31 Å². The zero-order valence-electron chi connectivity index (χ0n) is 11.4. The van der Waals surface area contributed by atoms with Crippen LogP contribution in [0.5, 0.6) is 0 Å². The Morgan fingerprint density at radius 2 is 2.20 bits per heavy atom. The van der Waals surface area contributed by atoms with Crippen LogP contribution in [-0.2, 0) is 14.8 Å². The van der Waals surface area contributed by atoms with Gasteiger partial charge in [0.1, 0.15) is 4.21 Å². The summed E-state index contributed by atoms with van der Waals surface area (Å²) in [4.78, 5) is 11.7. The number of nitrogens with zero attached hydrogens (tertiary/aromatic N) is 1. The Bertz CT molecular complexity index is 579. The first-order valence-corrected chi connectivity index (χ1v) is 8.97. The van der Waals surface area contributed by atoms with Crippen LogP contribution < -0.4 is 0 Å². The molecule has 7 heteroatoms. The number of hydrogen-bond acceptors (Lipinski definition) is 4. The van der Waals surface area contributed by atoms with Crippen molar-refractivity contribution < 1.29 is 18.3 Å². The molecular weight excluding hydrogens is 298 g/mol. The monoisotopic (exact) mass is 317 g/mol. The van der Waals surface area contributed by atoms with Crippen LogP contribution in [0.2, 0.25) is 0 Å². The number of carbonyl (C=O) groups is 1. The van der Waals surface area contributed by atoms with Crippen molar-refractivity contribution >= 4 is 27.3 Å². The van der Waals surface area contributed by atoms with Crippen molar-refractivity contribution in [1.29, 1.82) is 0 Å². The van der Waals surface area contributed by atoms with Gasteiger partial charge < -0.3 is 5.11 Å². The van der Waals surface area contributed by atoms with Gasteiger partial charge in [0, 0.05) is 23.9 Å². The lowest BCUT2D eigenvalue weighted by Crippen LogP contribution is -2.43. The number of sulfonamides is 1. The molecule has 1 aliphatic rings. The molecule has 5 nitrogen and oxygen atoms in total.